The second-order valence-electron chi connectivity index (χ2n) is 8.16. The molecule has 0 radical (unpaired) electrons. The molecule has 2 fully saturated rings. The lowest BCUT2D eigenvalue weighted by molar-refractivity contribution is 0.0631. The van der Waals surface area contributed by atoms with Crippen molar-refractivity contribution in [1.82, 2.24) is 14.8 Å². The molecule has 0 N–H and O–H groups in total. The standard InChI is InChI=1S/C24H29N3O3/c28-23(20-9-6-12-25-16-20)27-15-7-8-19(17-27)18-30-22-11-3-2-10-21(22)24(29)26-13-4-1-5-14-26/h2-3,6,9-12,16,19H,1,4-5,7-8,13-15,17-18H2. The number of aromatic nitrogens is 1. The second-order valence-corrected chi connectivity index (χ2v) is 8.16. The minimum atomic E-state index is 0.0217. The molecular formula is C24H29N3O3. The highest BCUT2D eigenvalue weighted by Crippen LogP contribution is 2.25. The van der Waals surface area contributed by atoms with Crippen molar-refractivity contribution in [2.24, 2.45) is 5.92 Å². The summed E-state index contributed by atoms with van der Waals surface area (Å²) in [5.41, 5.74) is 1.26. The van der Waals surface area contributed by atoms with Crippen LogP contribution in [0.15, 0.2) is 48.8 Å². The zero-order valence-corrected chi connectivity index (χ0v) is 17.3. The zero-order valence-electron chi connectivity index (χ0n) is 17.3. The first kappa shape index (κ1) is 20.4. The molecule has 3 heterocycles. The summed E-state index contributed by atoms with van der Waals surface area (Å²) in [6.07, 6.45) is 8.58. The van der Waals surface area contributed by atoms with Crippen LogP contribution in [0.2, 0.25) is 0 Å². The lowest BCUT2D eigenvalue weighted by atomic mass is 9.98. The number of carbonyl (C=O) groups excluding carboxylic acids is 2. The summed E-state index contributed by atoms with van der Waals surface area (Å²) in [6, 6.07) is 11.1. The Labute approximate surface area is 177 Å². The Kier molecular flexibility index (Phi) is 6.62. The van der Waals surface area contributed by atoms with E-state index in [0.717, 1.165) is 45.3 Å². The third-order valence-corrected chi connectivity index (χ3v) is 5.95. The molecule has 1 atom stereocenters. The van der Waals surface area contributed by atoms with E-state index in [4.69, 9.17) is 4.74 Å². The van der Waals surface area contributed by atoms with Crippen molar-refractivity contribution in [2.45, 2.75) is 32.1 Å². The van der Waals surface area contributed by atoms with Gasteiger partial charge >= 0.3 is 0 Å². The summed E-state index contributed by atoms with van der Waals surface area (Å²) in [5.74, 6) is 0.970. The van der Waals surface area contributed by atoms with Crippen molar-refractivity contribution in [3.63, 3.8) is 0 Å². The number of likely N-dealkylation sites (tertiary alicyclic amines) is 2. The number of hydrogen-bond donors (Lipinski definition) is 0. The highest BCUT2D eigenvalue weighted by atomic mass is 16.5. The van der Waals surface area contributed by atoms with E-state index >= 15 is 0 Å². The molecule has 6 heteroatoms. The largest absolute Gasteiger partial charge is 0.492 e. The van der Waals surface area contributed by atoms with E-state index in [9.17, 15) is 9.59 Å². The number of nitrogens with zero attached hydrogens (tertiary/aromatic N) is 3. The molecule has 2 aliphatic rings. The number of benzene rings is 1. The summed E-state index contributed by atoms with van der Waals surface area (Å²) in [6.45, 7) is 3.56. The first-order chi connectivity index (χ1) is 14.7. The van der Waals surface area contributed by atoms with E-state index in [-0.39, 0.29) is 17.7 Å². The SMILES string of the molecule is O=C(c1cccnc1)N1CCCC(COc2ccccc2C(=O)N2CCCCC2)C1. The van der Waals surface area contributed by atoms with Crippen LogP contribution < -0.4 is 4.74 Å². The average molecular weight is 408 g/mol. The highest BCUT2D eigenvalue weighted by Gasteiger charge is 2.26. The topological polar surface area (TPSA) is 62.7 Å². The van der Waals surface area contributed by atoms with Gasteiger partial charge in [-0.1, -0.05) is 12.1 Å². The minimum Gasteiger partial charge on any atom is -0.492 e. The van der Waals surface area contributed by atoms with Crippen molar-refractivity contribution in [1.29, 1.82) is 0 Å². The van der Waals surface area contributed by atoms with Gasteiger partial charge in [-0.2, -0.15) is 0 Å². The third-order valence-electron chi connectivity index (χ3n) is 5.95. The quantitative estimate of drug-likeness (QED) is 0.759. The van der Waals surface area contributed by atoms with E-state index < -0.39 is 0 Å². The molecule has 0 saturated carbocycles. The van der Waals surface area contributed by atoms with Gasteiger partial charge < -0.3 is 14.5 Å². The fourth-order valence-corrected chi connectivity index (χ4v) is 4.30. The molecular weight excluding hydrogens is 378 g/mol. The Balaban J connectivity index is 1.37. The summed E-state index contributed by atoms with van der Waals surface area (Å²) in [7, 11) is 0. The van der Waals surface area contributed by atoms with Gasteiger partial charge in [-0.3, -0.25) is 14.6 Å². The van der Waals surface area contributed by atoms with E-state index in [1.807, 2.05) is 34.1 Å². The molecule has 0 bridgehead atoms. The van der Waals surface area contributed by atoms with Crippen LogP contribution in [0.25, 0.3) is 0 Å². The van der Waals surface area contributed by atoms with Crippen molar-refractivity contribution >= 4 is 11.8 Å². The number of pyridine rings is 1. The van der Waals surface area contributed by atoms with E-state index in [0.29, 0.717) is 30.0 Å². The van der Waals surface area contributed by atoms with E-state index in [1.165, 1.54) is 6.42 Å². The Bertz CT molecular complexity index is 865. The zero-order chi connectivity index (χ0) is 20.8. The fourth-order valence-electron chi connectivity index (χ4n) is 4.30. The number of amides is 2. The predicted octanol–water partition coefficient (Wildman–Crippen LogP) is 3.64. The summed E-state index contributed by atoms with van der Waals surface area (Å²) in [5, 5.41) is 0. The van der Waals surface area contributed by atoms with Crippen molar-refractivity contribution in [3.05, 3.63) is 59.9 Å². The Hall–Kier alpha value is -2.89. The lowest BCUT2D eigenvalue weighted by Gasteiger charge is -2.33. The van der Waals surface area contributed by atoms with Gasteiger partial charge in [0.15, 0.2) is 0 Å². The number of piperidine rings is 2. The maximum atomic E-state index is 13.0. The summed E-state index contributed by atoms with van der Waals surface area (Å²) < 4.78 is 6.12. The maximum Gasteiger partial charge on any atom is 0.257 e. The third kappa shape index (κ3) is 4.81. The molecule has 2 amide bonds. The number of ether oxygens (including phenoxy) is 1. The minimum absolute atomic E-state index is 0.0217. The first-order valence-electron chi connectivity index (χ1n) is 10.9. The predicted molar refractivity (Wildman–Crippen MR) is 115 cm³/mol. The van der Waals surface area contributed by atoms with Crippen LogP contribution in [0, 0.1) is 5.92 Å². The normalized spacial score (nSPS) is 19.4. The molecule has 0 spiro atoms. The van der Waals surface area contributed by atoms with Gasteiger partial charge in [0.1, 0.15) is 5.75 Å². The van der Waals surface area contributed by atoms with Crippen LogP contribution in [0.3, 0.4) is 0 Å². The molecule has 6 nitrogen and oxygen atoms in total. The van der Waals surface area contributed by atoms with Gasteiger partial charge in [-0.15, -0.1) is 0 Å². The number of hydrogen-bond acceptors (Lipinski definition) is 4. The molecule has 4 rings (SSSR count). The van der Waals surface area contributed by atoms with E-state index in [2.05, 4.69) is 4.98 Å². The molecule has 2 aliphatic heterocycles. The Morgan fingerprint density at radius 1 is 0.933 bits per heavy atom. The first-order valence-corrected chi connectivity index (χ1v) is 10.9. The van der Waals surface area contributed by atoms with Crippen LogP contribution in [0.1, 0.15) is 52.8 Å². The Morgan fingerprint density at radius 2 is 1.73 bits per heavy atom. The molecule has 0 aliphatic carbocycles. The fraction of sp³-hybridized carbons (Fsp3) is 0.458. The van der Waals surface area contributed by atoms with Gasteiger partial charge in [0, 0.05) is 44.5 Å². The molecule has 1 unspecified atom stereocenters. The highest BCUT2D eigenvalue weighted by molar-refractivity contribution is 5.97. The van der Waals surface area contributed by atoms with Crippen LogP contribution in [-0.4, -0.2) is 59.4 Å². The van der Waals surface area contributed by atoms with Gasteiger partial charge in [-0.05, 0) is 56.4 Å². The van der Waals surface area contributed by atoms with Crippen molar-refractivity contribution in [3.8, 4) is 5.75 Å². The van der Waals surface area contributed by atoms with Crippen LogP contribution in [0.4, 0.5) is 0 Å². The summed E-state index contributed by atoms with van der Waals surface area (Å²) >= 11 is 0. The van der Waals surface area contributed by atoms with Gasteiger partial charge in [0.25, 0.3) is 11.8 Å². The molecule has 30 heavy (non-hydrogen) atoms. The Morgan fingerprint density at radius 3 is 2.53 bits per heavy atom. The number of carbonyl (C=O) groups is 2. The molecule has 2 aromatic rings. The second kappa shape index (κ2) is 9.74. The van der Waals surface area contributed by atoms with Gasteiger partial charge in [-0.25, -0.2) is 0 Å². The van der Waals surface area contributed by atoms with Crippen LogP contribution >= 0.6 is 0 Å². The van der Waals surface area contributed by atoms with E-state index in [1.54, 1.807) is 24.5 Å². The van der Waals surface area contributed by atoms with Crippen LogP contribution in [0.5, 0.6) is 5.75 Å². The monoisotopic (exact) mass is 407 g/mol. The summed E-state index contributed by atoms with van der Waals surface area (Å²) in [4.78, 5) is 33.6. The van der Waals surface area contributed by atoms with Gasteiger partial charge in [0.05, 0.1) is 17.7 Å². The smallest absolute Gasteiger partial charge is 0.257 e. The van der Waals surface area contributed by atoms with Crippen molar-refractivity contribution < 1.29 is 14.3 Å². The lowest BCUT2D eigenvalue weighted by Crippen LogP contribution is -2.41. The molecule has 2 saturated heterocycles. The average Bonchev–Trinajstić information content (AvgIpc) is 2.83. The van der Waals surface area contributed by atoms with Crippen LogP contribution in [-0.2, 0) is 0 Å². The number of para-hydroxylation sites is 1. The number of rotatable bonds is 5. The van der Waals surface area contributed by atoms with Gasteiger partial charge in [0.2, 0.25) is 0 Å². The molecule has 158 valence electrons. The molecule has 1 aromatic heterocycles. The maximum absolute atomic E-state index is 13.0. The molecule has 1 aromatic carbocycles. The van der Waals surface area contributed by atoms with Crippen molar-refractivity contribution in [2.75, 3.05) is 32.8 Å².